The van der Waals surface area contributed by atoms with E-state index in [0.29, 0.717) is 0 Å². The van der Waals surface area contributed by atoms with Gasteiger partial charge in [0.25, 0.3) is 9.05 Å². The summed E-state index contributed by atoms with van der Waals surface area (Å²) in [5, 5.41) is 0. The summed E-state index contributed by atoms with van der Waals surface area (Å²) in [5.74, 6) is 2.23. The zero-order chi connectivity index (χ0) is 6.91. The van der Waals surface area contributed by atoms with Crippen LogP contribution in [0.1, 0.15) is 0 Å². The van der Waals surface area contributed by atoms with Crippen LogP contribution in [0.15, 0.2) is 0 Å². The molecule has 0 aromatic rings. The fraction of sp³-hybridized carbons (Fsp3) is 0.500. The average Bonchev–Trinajstić information content (AvgIpc) is 2.10. The van der Waals surface area contributed by atoms with Crippen molar-refractivity contribution in [3.63, 3.8) is 0 Å². The van der Waals surface area contributed by atoms with E-state index < -0.39 is 15.2 Å². The first-order valence-electron chi connectivity index (χ1n) is 2.18. The smallest absolute Gasteiger partial charge is 0.266 e. The third-order valence-electron chi connectivity index (χ3n) is 0.784. The molecule has 0 spiro atoms. The maximum Gasteiger partial charge on any atom is 0.270 e. The summed E-state index contributed by atoms with van der Waals surface area (Å²) >= 11 is 4.34. The van der Waals surface area contributed by atoms with Gasteiger partial charge in [0, 0.05) is 11.2 Å². The molecule has 0 aliphatic carbocycles. The molecular formula is C4H4O3S2. The molecule has 1 heterocycles. The van der Waals surface area contributed by atoms with E-state index in [1.165, 1.54) is 0 Å². The Morgan fingerprint density at radius 3 is 2.78 bits per heavy atom. The van der Waals surface area contributed by atoms with Gasteiger partial charge < -0.3 is 0 Å². The van der Waals surface area contributed by atoms with Gasteiger partial charge in [-0.25, -0.2) is 0 Å². The molecule has 2 unspecified atom stereocenters. The highest BCUT2D eigenvalue weighted by Gasteiger charge is 2.24. The van der Waals surface area contributed by atoms with Crippen LogP contribution in [0.25, 0.3) is 0 Å². The number of hydrogen-bond donors (Lipinski definition) is 0. The van der Waals surface area contributed by atoms with Gasteiger partial charge in [0.1, 0.15) is 6.61 Å². The van der Waals surface area contributed by atoms with Crippen molar-refractivity contribution in [1.82, 2.24) is 0 Å². The Hall–Kier alpha value is -0.150. The van der Waals surface area contributed by atoms with Crippen molar-refractivity contribution in [2.24, 2.45) is 0 Å². The highest BCUT2D eigenvalue weighted by Crippen LogP contribution is 2.11. The Kier molecular flexibility index (Phi) is 1.73. The maximum absolute atomic E-state index is 10.6. The second-order valence-corrected chi connectivity index (χ2v) is 3.91. The lowest BCUT2D eigenvalue weighted by atomic mass is 10.4. The Morgan fingerprint density at radius 2 is 2.56 bits per heavy atom. The Labute approximate surface area is 58.4 Å². The summed E-state index contributed by atoms with van der Waals surface area (Å²) in [6.45, 7) is 0.138. The minimum atomic E-state index is -2.92. The van der Waals surface area contributed by atoms with Crippen LogP contribution >= 0.6 is 0 Å². The number of terminal acetylenes is 1. The molecule has 3 nitrogen and oxygen atoms in total. The molecule has 1 aliphatic rings. The van der Waals surface area contributed by atoms with E-state index in [9.17, 15) is 4.21 Å². The van der Waals surface area contributed by atoms with E-state index in [1.807, 2.05) is 0 Å². The SMILES string of the molecule is C#CC1COS(=O)(=S)O1. The predicted molar refractivity (Wildman–Crippen MR) is 35.2 cm³/mol. The van der Waals surface area contributed by atoms with Gasteiger partial charge in [-0.15, -0.1) is 6.42 Å². The first-order chi connectivity index (χ1) is 4.14. The molecule has 9 heavy (non-hydrogen) atoms. The van der Waals surface area contributed by atoms with Crippen molar-refractivity contribution in [3.05, 3.63) is 0 Å². The zero-order valence-electron chi connectivity index (χ0n) is 4.40. The first-order valence-corrected chi connectivity index (χ1v) is 4.51. The largest absolute Gasteiger partial charge is 0.270 e. The summed E-state index contributed by atoms with van der Waals surface area (Å²) in [6.07, 6.45) is 4.40. The van der Waals surface area contributed by atoms with Gasteiger partial charge >= 0.3 is 0 Å². The highest BCUT2D eigenvalue weighted by atomic mass is 32.9. The van der Waals surface area contributed by atoms with E-state index in [1.54, 1.807) is 0 Å². The van der Waals surface area contributed by atoms with Crippen LogP contribution in [0.3, 0.4) is 0 Å². The molecule has 1 saturated heterocycles. The van der Waals surface area contributed by atoms with Gasteiger partial charge in [0.2, 0.25) is 0 Å². The lowest BCUT2D eigenvalue weighted by Gasteiger charge is -1.92. The van der Waals surface area contributed by atoms with Crippen molar-refractivity contribution in [3.8, 4) is 12.3 Å². The first kappa shape index (κ1) is 6.96. The van der Waals surface area contributed by atoms with Crippen molar-refractivity contribution in [2.45, 2.75) is 6.10 Å². The summed E-state index contributed by atoms with van der Waals surface area (Å²) in [4.78, 5) is 0. The third-order valence-corrected chi connectivity index (χ3v) is 2.20. The van der Waals surface area contributed by atoms with Crippen LogP contribution in [0.2, 0.25) is 0 Å². The average molecular weight is 164 g/mol. The second-order valence-electron chi connectivity index (χ2n) is 1.44. The maximum atomic E-state index is 10.6. The van der Waals surface area contributed by atoms with Crippen LogP contribution in [-0.2, 0) is 28.6 Å². The summed E-state index contributed by atoms with van der Waals surface area (Å²) in [7, 11) is -2.92. The normalized spacial score (nSPS) is 42.3. The molecule has 0 aromatic carbocycles. The van der Waals surface area contributed by atoms with Crippen molar-refractivity contribution in [2.75, 3.05) is 6.61 Å². The zero-order valence-corrected chi connectivity index (χ0v) is 6.04. The molecule has 5 heteroatoms. The van der Waals surface area contributed by atoms with Gasteiger partial charge in [0.15, 0.2) is 6.10 Å². The fourth-order valence-electron chi connectivity index (χ4n) is 0.419. The molecule has 1 aliphatic heterocycles. The van der Waals surface area contributed by atoms with E-state index in [-0.39, 0.29) is 6.61 Å². The molecule has 1 fully saturated rings. The van der Waals surface area contributed by atoms with Gasteiger partial charge in [-0.05, 0) is 0 Å². The molecule has 50 valence electrons. The van der Waals surface area contributed by atoms with Gasteiger partial charge in [-0.3, -0.25) is 8.37 Å². The lowest BCUT2D eigenvalue weighted by molar-refractivity contribution is 0.302. The minimum absolute atomic E-state index is 0.138. The van der Waals surface area contributed by atoms with E-state index in [0.717, 1.165) is 0 Å². The fourth-order valence-corrected chi connectivity index (χ4v) is 1.61. The van der Waals surface area contributed by atoms with Crippen LogP contribution in [0.4, 0.5) is 0 Å². The summed E-state index contributed by atoms with van der Waals surface area (Å²) in [6, 6.07) is 0. The van der Waals surface area contributed by atoms with Crippen molar-refractivity contribution < 1.29 is 12.6 Å². The molecule has 0 amide bonds. The van der Waals surface area contributed by atoms with Crippen molar-refractivity contribution >= 4 is 20.2 Å². The number of hydrogen-bond acceptors (Lipinski definition) is 4. The molecule has 0 aromatic heterocycles. The van der Waals surface area contributed by atoms with Gasteiger partial charge in [0.05, 0.1) is 0 Å². The highest BCUT2D eigenvalue weighted by molar-refractivity contribution is 8.27. The van der Waals surface area contributed by atoms with Crippen LogP contribution in [0.5, 0.6) is 0 Å². The van der Waals surface area contributed by atoms with Gasteiger partial charge in [-0.1, -0.05) is 5.92 Å². The molecule has 1 rings (SSSR count). The molecule has 0 N–H and O–H groups in total. The third kappa shape index (κ3) is 1.63. The Morgan fingerprint density at radius 1 is 1.89 bits per heavy atom. The minimum Gasteiger partial charge on any atom is -0.266 e. The lowest BCUT2D eigenvalue weighted by Crippen LogP contribution is -2.04. The standard InChI is InChI=1S/C4H4O3S2/c1-2-4-3-6-9(5,8)7-4/h1,4H,3H2. The van der Waals surface area contributed by atoms with Crippen LogP contribution in [-0.4, -0.2) is 16.9 Å². The monoisotopic (exact) mass is 164 g/mol. The molecular weight excluding hydrogens is 160 g/mol. The molecule has 0 radical (unpaired) electrons. The van der Waals surface area contributed by atoms with Crippen molar-refractivity contribution in [1.29, 1.82) is 0 Å². The summed E-state index contributed by atoms with van der Waals surface area (Å²) in [5.41, 5.74) is 0. The predicted octanol–water partition coefficient (Wildman–Crippen LogP) is -0.389. The topological polar surface area (TPSA) is 35.5 Å². The van der Waals surface area contributed by atoms with Crippen LogP contribution < -0.4 is 0 Å². The van der Waals surface area contributed by atoms with E-state index >= 15 is 0 Å². The number of rotatable bonds is 0. The quantitative estimate of drug-likeness (QED) is 0.457. The second kappa shape index (κ2) is 2.23. The van der Waals surface area contributed by atoms with E-state index in [2.05, 4.69) is 25.5 Å². The Balaban J connectivity index is 2.72. The van der Waals surface area contributed by atoms with Gasteiger partial charge in [-0.2, -0.15) is 4.21 Å². The van der Waals surface area contributed by atoms with E-state index in [4.69, 9.17) is 6.42 Å². The summed E-state index contributed by atoms with van der Waals surface area (Å²) < 4.78 is 19.7. The Bertz CT molecular complexity index is 235. The van der Waals surface area contributed by atoms with Crippen LogP contribution in [0, 0.1) is 12.3 Å². The molecule has 0 saturated carbocycles. The molecule has 0 bridgehead atoms. The molecule has 2 atom stereocenters.